The van der Waals surface area contributed by atoms with Crippen LogP contribution in [0, 0.1) is 23.7 Å². The topological polar surface area (TPSA) is 160 Å². The monoisotopic (exact) mass is 849 g/mol. The number of hydrogen-bond acceptors (Lipinski definition) is 12. The predicted molar refractivity (Wildman–Crippen MR) is 227 cm³/mol. The number of esters is 1. The number of carbonyl (C=O) groups excluding carboxylic acids is 2. The summed E-state index contributed by atoms with van der Waals surface area (Å²) in [5.41, 5.74) is 0.757. The molecule has 1 unspecified atom stereocenters. The van der Waals surface area contributed by atoms with E-state index in [0.29, 0.717) is 60.8 Å². The number of hydrogen-bond donors (Lipinski definition) is 3. The van der Waals surface area contributed by atoms with Crippen LogP contribution in [0.2, 0.25) is 0 Å². The molecule has 4 fully saturated rings. The summed E-state index contributed by atoms with van der Waals surface area (Å²) in [6.45, 7) is 14.3. The number of aliphatic hydroxyl groups excluding tert-OH is 1. The van der Waals surface area contributed by atoms with Crippen LogP contribution in [-0.2, 0) is 42.7 Å². The van der Waals surface area contributed by atoms with Crippen LogP contribution in [0.4, 0.5) is 10.5 Å². The average molecular weight is 850 g/mol. The first-order valence-electron chi connectivity index (χ1n) is 22.3. The summed E-state index contributed by atoms with van der Waals surface area (Å²) in [5.74, 6) is -2.15. The van der Waals surface area contributed by atoms with Gasteiger partial charge in [0.2, 0.25) is 0 Å². The maximum absolute atomic E-state index is 14.3. The third kappa shape index (κ3) is 9.74. The molecule has 4 saturated heterocycles. The van der Waals surface area contributed by atoms with Crippen LogP contribution in [0.1, 0.15) is 93.4 Å². The van der Waals surface area contributed by atoms with Crippen molar-refractivity contribution in [3.05, 3.63) is 77.4 Å². The minimum absolute atomic E-state index is 0.0123. The van der Waals surface area contributed by atoms with Gasteiger partial charge in [0.05, 0.1) is 31.0 Å². The van der Waals surface area contributed by atoms with E-state index < -0.39 is 78.4 Å². The molecule has 5 aliphatic heterocycles. The van der Waals surface area contributed by atoms with E-state index in [2.05, 4.69) is 32.2 Å². The second-order valence-corrected chi connectivity index (χ2v) is 18.3. The molecule has 1 aliphatic carbocycles. The van der Waals surface area contributed by atoms with Gasteiger partial charge in [0.1, 0.15) is 35.9 Å². The van der Waals surface area contributed by atoms with Gasteiger partial charge >= 0.3 is 12.1 Å². The zero-order valence-corrected chi connectivity index (χ0v) is 37.0. The molecule has 0 radical (unpaired) electrons. The second kappa shape index (κ2) is 19.1. The van der Waals surface area contributed by atoms with E-state index in [1.807, 2.05) is 51.1 Å². The lowest BCUT2D eigenvalue weighted by atomic mass is 9.71. The number of allylic oxidation sites excluding steroid dienone is 2. The first-order valence-corrected chi connectivity index (χ1v) is 22.3. The Bertz CT molecular complexity index is 1830. The quantitative estimate of drug-likeness (QED) is 0.186. The second-order valence-electron chi connectivity index (χ2n) is 18.3. The number of carbonyl (C=O) groups is 2. The number of rotatable bonds is 7. The summed E-state index contributed by atoms with van der Waals surface area (Å²) < 4.78 is 51.3. The van der Waals surface area contributed by atoms with E-state index in [0.717, 1.165) is 18.4 Å². The van der Waals surface area contributed by atoms with E-state index in [-0.39, 0.29) is 24.7 Å². The molecule has 0 aromatic heterocycles. The number of ether oxygens (including phenoxy) is 8. The van der Waals surface area contributed by atoms with Crippen molar-refractivity contribution in [2.24, 2.45) is 23.7 Å². The Morgan fingerprint density at radius 1 is 1.07 bits per heavy atom. The maximum atomic E-state index is 14.3. The minimum atomic E-state index is -1.83. The van der Waals surface area contributed by atoms with Crippen molar-refractivity contribution in [1.29, 1.82) is 0 Å². The van der Waals surface area contributed by atoms with Gasteiger partial charge in [-0.25, -0.2) is 4.79 Å². The van der Waals surface area contributed by atoms with Crippen molar-refractivity contribution in [3.63, 3.8) is 0 Å². The fourth-order valence-corrected chi connectivity index (χ4v) is 10.2. The molecule has 0 saturated carbocycles. The molecule has 1 amide bonds. The highest BCUT2D eigenvalue weighted by Crippen LogP contribution is 2.48. The van der Waals surface area contributed by atoms with Gasteiger partial charge in [0.15, 0.2) is 18.2 Å². The van der Waals surface area contributed by atoms with Crippen molar-refractivity contribution in [3.8, 4) is 0 Å². The van der Waals surface area contributed by atoms with Crippen molar-refractivity contribution < 1.29 is 57.7 Å². The molecule has 7 rings (SSSR count). The highest BCUT2D eigenvalue weighted by Gasteiger charge is 2.60. The van der Waals surface area contributed by atoms with Gasteiger partial charge in [-0.15, -0.1) is 0 Å². The van der Waals surface area contributed by atoms with Crippen LogP contribution >= 0.6 is 0 Å². The normalized spacial score (nSPS) is 43.3. The number of nitrogens with one attached hydrogen (secondary N) is 1. The highest BCUT2D eigenvalue weighted by molar-refractivity contribution is 5.84. The first kappa shape index (κ1) is 45.6. The number of amides is 1. The Hall–Kier alpha value is -3.40. The molecule has 6 aliphatic rings. The van der Waals surface area contributed by atoms with Crippen LogP contribution in [0.3, 0.4) is 0 Å². The first-order chi connectivity index (χ1) is 29.1. The molecule has 16 atom stereocenters. The highest BCUT2D eigenvalue weighted by atomic mass is 16.7. The maximum Gasteiger partial charge on any atom is 0.412 e. The van der Waals surface area contributed by atoms with Gasteiger partial charge in [-0.2, -0.15) is 0 Å². The van der Waals surface area contributed by atoms with Crippen molar-refractivity contribution >= 4 is 17.7 Å². The number of methoxy groups -OCH3 is 1. The molecule has 13 nitrogen and oxygen atoms in total. The summed E-state index contributed by atoms with van der Waals surface area (Å²) >= 11 is 0. The Balaban J connectivity index is 1.18. The van der Waals surface area contributed by atoms with Crippen LogP contribution in [0.15, 0.2) is 77.4 Å². The molecule has 1 spiro atoms. The molecule has 5 heterocycles. The zero-order chi connectivity index (χ0) is 43.6. The van der Waals surface area contributed by atoms with Crippen LogP contribution < -0.4 is 5.32 Å². The predicted octanol–water partition coefficient (Wildman–Crippen LogP) is 7.32. The summed E-state index contributed by atoms with van der Waals surface area (Å²) in [6, 6.07) is 9.09. The largest absolute Gasteiger partial charge is 0.462 e. The van der Waals surface area contributed by atoms with E-state index in [4.69, 9.17) is 37.9 Å². The molecule has 3 N–H and O–H groups in total. The molecular weight excluding hydrogens is 783 g/mol. The summed E-state index contributed by atoms with van der Waals surface area (Å²) in [5, 5.41) is 26.5. The fraction of sp³-hybridized carbons (Fsp3) is 0.667. The summed E-state index contributed by atoms with van der Waals surface area (Å²) in [4.78, 5) is 27.2. The fourth-order valence-electron chi connectivity index (χ4n) is 10.2. The van der Waals surface area contributed by atoms with Crippen LogP contribution in [0.5, 0.6) is 0 Å². The third-order valence-electron chi connectivity index (χ3n) is 13.9. The number of para-hydroxylation sites is 1. The Labute approximate surface area is 360 Å². The van der Waals surface area contributed by atoms with Crippen molar-refractivity contribution in [1.82, 2.24) is 0 Å². The van der Waals surface area contributed by atoms with Gasteiger partial charge in [-0.3, -0.25) is 10.1 Å². The lowest BCUT2D eigenvalue weighted by Crippen LogP contribution is -2.58. The van der Waals surface area contributed by atoms with E-state index in [1.54, 1.807) is 38.3 Å². The van der Waals surface area contributed by atoms with Gasteiger partial charge < -0.3 is 48.1 Å². The van der Waals surface area contributed by atoms with E-state index in [1.165, 1.54) is 0 Å². The lowest BCUT2D eigenvalue weighted by molar-refractivity contribution is -0.340. The molecule has 1 aromatic rings. The summed E-state index contributed by atoms with van der Waals surface area (Å²) in [6.07, 6.45) is 7.01. The van der Waals surface area contributed by atoms with Crippen molar-refractivity contribution in [2.45, 2.75) is 166 Å². The van der Waals surface area contributed by atoms with Gasteiger partial charge in [-0.1, -0.05) is 82.7 Å². The van der Waals surface area contributed by atoms with Gasteiger partial charge in [0.25, 0.3) is 0 Å². The number of aliphatic hydroxyl groups is 2. The molecule has 61 heavy (non-hydrogen) atoms. The van der Waals surface area contributed by atoms with Crippen molar-refractivity contribution in [2.75, 3.05) is 19.0 Å². The van der Waals surface area contributed by atoms with Gasteiger partial charge in [0, 0.05) is 44.4 Å². The zero-order valence-electron chi connectivity index (χ0n) is 37.0. The van der Waals surface area contributed by atoms with Gasteiger partial charge in [-0.05, 0) is 74.3 Å². The molecule has 336 valence electrons. The lowest BCUT2D eigenvalue weighted by Gasteiger charge is -2.51. The van der Waals surface area contributed by atoms with Crippen LogP contribution in [0.25, 0.3) is 0 Å². The Morgan fingerprint density at radius 2 is 1.84 bits per heavy atom. The van der Waals surface area contributed by atoms with E-state index >= 15 is 0 Å². The SMILES string of the molecule is CCC(C)[C@H]1O[C@]2(CC[C@@H]1C)C[C@@H]1C[C@@H](C/C=C(\C)[C@@H](O[C@H]3C[C@H](OC)[C@@H](OC(=O)Nc4ccccc4)[C@H](C)O3)[C@@H](C)/C=C/C=C3\CO[C@@H]4[C@H](O)C(C)=C[C@@H](C(=O)O1)[C@]34O)O2. The summed E-state index contributed by atoms with van der Waals surface area (Å²) in [7, 11) is 1.59. The number of anilines is 1. The van der Waals surface area contributed by atoms with E-state index in [9.17, 15) is 19.8 Å². The smallest absolute Gasteiger partial charge is 0.412 e. The third-order valence-corrected chi connectivity index (χ3v) is 13.9. The Morgan fingerprint density at radius 3 is 2.57 bits per heavy atom. The molecule has 13 heteroatoms. The van der Waals surface area contributed by atoms with Crippen LogP contribution in [-0.4, -0.2) is 109 Å². The Kier molecular flexibility index (Phi) is 14.3. The number of fused-ring (bicyclic) bond motifs is 2. The average Bonchev–Trinajstić information content (AvgIpc) is 3.58. The molecule has 2 bridgehead atoms. The minimum Gasteiger partial charge on any atom is -0.462 e. The molecule has 1 aromatic carbocycles. The number of benzene rings is 1. The standard InChI is InChI=1S/C48H67NO12/c1-9-27(2)42-30(5)20-21-47(61-42)25-36-23-35(60-47)19-18-29(4)41(58-39-24-38(54-8)43(32(7)56-39)59-46(52)49-34-16-11-10-12-17-34)28(3)14-13-15-33-26-55-44-40(50)31(6)22-37(45(51)57-36)48(33,44)53/h10-18,22,27-28,30,32,35-44,50,53H,9,19-21,23-26H2,1-8H3,(H,49,52)/b14-13+,29-18+,33-15+/t27?,28-,30-,32-,35+,36-,37-,38-,39-,40+,41-,42+,43-,44+,47+,48+/m0/s1. The molecular formula is C48H67NO12.